The fourth-order valence-corrected chi connectivity index (χ4v) is 4.54. The molecule has 0 spiro atoms. The maximum absolute atomic E-state index is 12.5. The number of hydrogen-bond acceptors (Lipinski definition) is 5. The minimum Gasteiger partial charge on any atom is -0.327 e. The van der Waals surface area contributed by atoms with Crippen LogP contribution >= 0.6 is 12.4 Å². The van der Waals surface area contributed by atoms with E-state index in [0.717, 1.165) is 6.26 Å². The average Bonchev–Trinajstić information content (AvgIpc) is 2.41. The first-order valence-electron chi connectivity index (χ1n) is 6.68. The van der Waals surface area contributed by atoms with Crippen molar-refractivity contribution >= 4 is 32.3 Å². The van der Waals surface area contributed by atoms with Crippen molar-refractivity contribution in [3.63, 3.8) is 0 Å². The molecule has 1 aromatic carbocycles. The number of benzene rings is 1. The first kappa shape index (κ1) is 19.4. The van der Waals surface area contributed by atoms with Crippen molar-refractivity contribution in [1.82, 2.24) is 4.31 Å². The van der Waals surface area contributed by atoms with Gasteiger partial charge in [-0.25, -0.2) is 16.8 Å². The van der Waals surface area contributed by atoms with Gasteiger partial charge in [-0.05, 0) is 36.6 Å². The predicted octanol–water partition coefficient (Wildman–Crippen LogP) is 0.870. The third kappa shape index (κ3) is 3.99. The van der Waals surface area contributed by atoms with Crippen LogP contribution in [-0.4, -0.2) is 46.5 Å². The normalized spacial score (nSPS) is 23.8. The van der Waals surface area contributed by atoms with Crippen molar-refractivity contribution in [2.24, 2.45) is 11.7 Å². The Balaban J connectivity index is 0.00000242. The van der Waals surface area contributed by atoms with Crippen molar-refractivity contribution in [3.8, 4) is 0 Å². The zero-order valence-corrected chi connectivity index (χ0v) is 14.9. The molecule has 2 N–H and O–H groups in total. The number of sulfonamides is 1. The smallest absolute Gasteiger partial charge is 0.243 e. The van der Waals surface area contributed by atoms with Crippen LogP contribution in [0.5, 0.6) is 0 Å². The zero-order valence-electron chi connectivity index (χ0n) is 12.5. The molecule has 2 rings (SSSR count). The lowest BCUT2D eigenvalue weighted by Crippen LogP contribution is -2.48. The fraction of sp³-hybridized carbons (Fsp3) is 0.538. The van der Waals surface area contributed by atoms with Crippen molar-refractivity contribution in [2.75, 3.05) is 19.3 Å². The quantitative estimate of drug-likeness (QED) is 0.853. The van der Waals surface area contributed by atoms with E-state index in [1.54, 1.807) is 0 Å². The van der Waals surface area contributed by atoms with E-state index >= 15 is 0 Å². The number of nitrogens with two attached hydrogens (primary N) is 1. The average molecular weight is 369 g/mol. The maximum atomic E-state index is 12.5. The minimum absolute atomic E-state index is 0. The molecule has 0 radical (unpaired) electrons. The Morgan fingerprint density at radius 3 is 2.05 bits per heavy atom. The molecule has 1 aromatic rings. The van der Waals surface area contributed by atoms with E-state index in [4.69, 9.17) is 5.73 Å². The van der Waals surface area contributed by atoms with Gasteiger partial charge in [0.25, 0.3) is 0 Å². The molecule has 1 aliphatic rings. The Labute approximate surface area is 138 Å². The van der Waals surface area contributed by atoms with Gasteiger partial charge < -0.3 is 5.73 Å². The lowest BCUT2D eigenvalue weighted by molar-refractivity contribution is 0.250. The molecule has 1 heterocycles. The van der Waals surface area contributed by atoms with Crippen LogP contribution in [0.3, 0.4) is 0 Å². The molecule has 1 fully saturated rings. The van der Waals surface area contributed by atoms with E-state index in [0.29, 0.717) is 19.5 Å². The summed E-state index contributed by atoms with van der Waals surface area (Å²) in [7, 11) is -6.93. The third-order valence-corrected chi connectivity index (χ3v) is 6.83. The van der Waals surface area contributed by atoms with E-state index in [2.05, 4.69) is 0 Å². The lowest BCUT2D eigenvalue weighted by Gasteiger charge is -2.34. The monoisotopic (exact) mass is 368 g/mol. The zero-order chi connectivity index (χ0) is 15.8. The van der Waals surface area contributed by atoms with Crippen molar-refractivity contribution < 1.29 is 16.8 Å². The first-order chi connectivity index (χ1) is 9.62. The second-order valence-corrected chi connectivity index (χ2v) is 9.49. The largest absolute Gasteiger partial charge is 0.327 e. The molecule has 0 bridgehead atoms. The molecule has 1 saturated heterocycles. The van der Waals surface area contributed by atoms with Crippen LogP contribution in [0.4, 0.5) is 0 Å². The second kappa shape index (κ2) is 6.84. The lowest BCUT2D eigenvalue weighted by atomic mass is 9.96. The number of sulfone groups is 1. The van der Waals surface area contributed by atoms with Crippen LogP contribution in [0.2, 0.25) is 0 Å². The summed E-state index contributed by atoms with van der Waals surface area (Å²) >= 11 is 0. The Bertz CT molecular complexity index is 717. The van der Waals surface area contributed by atoms with E-state index in [9.17, 15) is 16.8 Å². The third-order valence-electron chi connectivity index (χ3n) is 3.82. The number of piperidine rings is 1. The van der Waals surface area contributed by atoms with E-state index in [1.807, 2.05) is 6.92 Å². The molecule has 0 amide bonds. The number of halogens is 1. The summed E-state index contributed by atoms with van der Waals surface area (Å²) in [5, 5.41) is 0. The van der Waals surface area contributed by atoms with Crippen LogP contribution in [0, 0.1) is 5.92 Å². The molecule has 0 saturated carbocycles. The topological polar surface area (TPSA) is 97.5 Å². The molecule has 2 unspecified atom stereocenters. The number of hydrogen-bond donors (Lipinski definition) is 1. The molecule has 9 heteroatoms. The van der Waals surface area contributed by atoms with Gasteiger partial charge in [0.05, 0.1) is 9.79 Å². The highest BCUT2D eigenvalue weighted by molar-refractivity contribution is 7.90. The highest BCUT2D eigenvalue weighted by atomic mass is 35.5. The molecule has 2 atom stereocenters. The fourth-order valence-electron chi connectivity index (χ4n) is 2.35. The molecule has 22 heavy (non-hydrogen) atoms. The van der Waals surface area contributed by atoms with Crippen LogP contribution in [0.1, 0.15) is 13.3 Å². The van der Waals surface area contributed by atoms with Crippen LogP contribution < -0.4 is 5.73 Å². The number of rotatable bonds is 3. The molecule has 1 aliphatic heterocycles. The van der Waals surface area contributed by atoms with Crippen molar-refractivity contribution in [2.45, 2.75) is 29.2 Å². The van der Waals surface area contributed by atoms with Gasteiger partial charge in [-0.1, -0.05) is 6.92 Å². The van der Waals surface area contributed by atoms with Gasteiger partial charge in [-0.2, -0.15) is 4.31 Å². The van der Waals surface area contributed by atoms with Crippen LogP contribution in [0.25, 0.3) is 0 Å². The molecular weight excluding hydrogens is 348 g/mol. The summed E-state index contributed by atoms with van der Waals surface area (Å²) in [6, 6.07) is 5.34. The summed E-state index contributed by atoms with van der Waals surface area (Å²) in [4.78, 5) is 0.216. The molecule has 126 valence electrons. The number of nitrogens with zero attached hydrogens (tertiary/aromatic N) is 1. The Morgan fingerprint density at radius 1 is 1.09 bits per heavy atom. The summed E-state index contributed by atoms with van der Waals surface area (Å²) in [6.45, 7) is 2.71. The van der Waals surface area contributed by atoms with Crippen molar-refractivity contribution in [1.29, 1.82) is 0 Å². The Hall–Kier alpha value is -0.670. The highest BCUT2D eigenvalue weighted by Gasteiger charge is 2.32. The molecule has 0 aliphatic carbocycles. The van der Waals surface area contributed by atoms with E-state index in [-0.39, 0.29) is 34.2 Å². The first-order valence-corrected chi connectivity index (χ1v) is 10.0. The van der Waals surface area contributed by atoms with Gasteiger partial charge >= 0.3 is 0 Å². The highest BCUT2D eigenvalue weighted by Crippen LogP contribution is 2.23. The van der Waals surface area contributed by atoms with Gasteiger partial charge in [-0.3, -0.25) is 0 Å². The molecular formula is C13H21ClN2O4S2. The SMILES string of the molecule is CC1CN(S(=O)(=O)c2ccc(S(C)(=O)=O)cc2)CCC1N.Cl. The second-order valence-electron chi connectivity index (χ2n) is 5.54. The Kier molecular flexibility index (Phi) is 6.02. The Morgan fingerprint density at radius 2 is 1.59 bits per heavy atom. The van der Waals surface area contributed by atoms with Gasteiger partial charge in [0.1, 0.15) is 0 Å². The van der Waals surface area contributed by atoms with Gasteiger partial charge in [0.15, 0.2) is 9.84 Å². The van der Waals surface area contributed by atoms with Crippen LogP contribution in [0.15, 0.2) is 34.1 Å². The standard InChI is InChI=1S/C13H20N2O4S2.ClH/c1-10-9-15(8-7-13(10)14)21(18,19)12-5-3-11(4-6-12)20(2,16)17;/h3-6,10,13H,7-9,14H2,1-2H3;1H. The van der Waals surface area contributed by atoms with Crippen molar-refractivity contribution in [3.05, 3.63) is 24.3 Å². The summed E-state index contributed by atoms with van der Waals surface area (Å²) in [5.41, 5.74) is 5.90. The van der Waals surface area contributed by atoms with Gasteiger partial charge in [0.2, 0.25) is 10.0 Å². The van der Waals surface area contributed by atoms with E-state index in [1.165, 1.54) is 28.6 Å². The summed E-state index contributed by atoms with van der Waals surface area (Å²) in [5.74, 6) is 0.101. The molecule has 6 nitrogen and oxygen atoms in total. The minimum atomic E-state index is -3.60. The molecule has 0 aromatic heterocycles. The van der Waals surface area contributed by atoms with Gasteiger partial charge in [-0.15, -0.1) is 12.4 Å². The van der Waals surface area contributed by atoms with E-state index < -0.39 is 19.9 Å². The van der Waals surface area contributed by atoms with Crippen LogP contribution in [-0.2, 0) is 19.9 Å². The summed E-state index contributed by atoms with van der Waals surface area (Å²) < 4.78 is 49.3. The van der Waals surface area contributed by atoms with Gasteiger partial charge in [0, 0.05) is 25.4 Å². The maximum Gasteiger partial charge on any atom is 0.243 e. The predicted molar refractivity (Wildman–Crippen MR) is 87.3 cm³/mol. The summed E-state index contributed by atoms with van der Waals surface area (Å²) in [6.07, 6.45) is 1.71.